The number of hydrogen-bond donors (Lipinski definition) is 3. The Kier molecular flexibility index (Phi) is 7.53. The predicted octanol–water partition coefficient (Wildman–Crippen LogP) is 0.937. The van der Waals surface area contributed by atoms with Gasteiger partial charge in [0.1, 0.15) is 18.0 Å². The summed E-state index contributed by atoms with van der Waals surface area (Å²) in [6.45, 7) is 11.0. The number of carbonyl (C=O) groups excluding carboxylic acids is 2. The fourth-order valence-corrected chi connectivity index (χ4v) is 5.26. The van der Waals surface area contributed by atoms with Gasteiger partial charge in [-0.15, -0.1) is 0 Å². The number of nitrogens with one attached hydrogen (secondary N) is 3. The lowest BCUT2D eigenvalue weighted by Crippen LogP contribution is -2.62. The van der Waals surface area contributed by atoms with Gasteiger partial charge in [0.25, 0.3) is 5.91 Å². The Morgan fingerprint density at radius 1 is 1.15 bits per heavy atom. The summed E-state index contributed by atoms with van der Waals surface area (Å²) in [6.07, 6.45) is 1.58. The summed E-state index contributed by atoms with van der Waals surface area (Å²) in [5, 5.41) is 8.66. The van der Waals surface area contributed by atoms with Crippen LogP contribution in [0.25, 0.3) is 0 Å². The Labute approximate surface area is 196 Å². The number of hydrogen-bond acceptors (Lipinski definition) is 7. The van der Waals surface area contributed by atoms with Gasteiger partial charge in [0.05, 0.1) is 12.6 Å². The number of nitrogens with zero attached hydrogens (tertiary/aromatic N) is 3. The number of hydrazine groups is 1. The lowest BCUT2D eigenvalue weighted by atomic mass is 9.94. The second-order valence-corrected chi connectivity index (χ2v) is 9.13. The molecule has 0 radical (unpaired) electrons. The molecule has 182 valence electrons. The quantitative estimate of drug-likeness (QED) is 0.560. The lowest BCUT2D eigenvalue weighted by Gasteiger charge is -2.37. The van der Waals surface area contributed by atoms with Crippen LogP contribution in [0.15, 0.2) is 18.2 Å². The van der Waals surface area contributed by atoms with Crippen LogP contribution in [-0.4, -0.2) is 91.1 Å². The van der Waals surface area contributed by atoms with Crippen LogP contribution in [0.4, 0.5) is 0 Å². The third kappa shape index (κ3) is 4.87. The molecule has 9 heteroatoms. The van der Waals surface area contributed by atoms with Crippen LogP contribution < -0.4 is 20.8 Å². The number of carbonyl (C=O) groups is 2. The number of fused-ring (bicyclic) bond motifs is 1. The summed E-state index contributed by atoms with van der Waals surface area (Å²) in [6, 6.07) is 5.46. The summed E-state index contributed by atoms with van der Waals surface area (Å²) in [4.78, 5) is 30.6. The lowest BCUT2D eigenvalue weighted by molar-refractivity contribution is -0.129. The van der Waals surface area contributed by atoms with E-state index in [1.54, 1.807) is 0 Å². The average Bonchev–Trinajstić information content (AvgIpc) is 3.15. The molecule has 3 aliphatic rings. The van der Waals surface area contributed by atoms with Crippen LogP contribution in [0.5, 0.6) is 5.75 Å². The van der Waals surface area contributed by atoms with Gasteiger partial charge in [0, 0.05) is 50.4 Å². The first kappa shape index (κ1) is 23.9. The number of ether oxygens (including phenoxy) is 1. The molecular weight excluding hydrogens is 420 g/mol. The van der Waals surface area contributed by atoms with Gasteiger partial charge in [-0.2, -0.15) is 0 Å². The Morgan fingerprint density at radius 3 is 2.58 bits per heavy atom. The first-order valence-electron chi connectivity index (χ1n) is 12.3. The summed E-state index contributed by atoms with van der Waals surface area (Å²) in [7, 11) is 1.91. The first-order chi connectivity index (χ1) is 16.0. The summed E-state index contributed by atoms with van der Waals surface area (Å²) in [5.41, 5.74) is 4.86. The Hall–Kier alpha value is -2.20. The normalized spacial score (nSPS) is 28.5. The fraction of sp³-hybridized carbons (Fsp3) is 0.667. The zero-order valence-corrected chi connectivity index (χ0v) is 20.3. The highest BCUT2D eigenvalue weighted by molar-refractivity contribution is 5.95. The fourth-order valence-electron chi connectivity index (χ4n) is 5.26. The molecule has 3 heterocycles. The molecule has 33 heavy (non-hydrogen) atoms. The van der Waals surface area contributed by atoms with E-state index >= 15 is 0 Å². The van der Waals surface area contributed by atoms with Crippen LogP contribution in [-0.2, 0) is 4.79 Å². The van der Waals surface area contributed by atoms with Crippen LogP contribution in [0, 0.1) is 0 Å². The molecule has 0 spiro atoms. The Bertz CT molecular complexity index is 857. The predicted molar refractivity (Wildman–Crippen MR) is 127 cm³/mol. The van der Waals surface area contributed by atoms with Crippen molar-refractivity contribution in [3.05, 3.63) is 29.3 Å². The third-order valence-corrected chi connectivity index (χ3v) is 7.05. The highest BCUT2D eigenvalue weighted by Crippen LogP contribution is 2.31. The van der Waals surface area contributed by atoms with Crippen molar-refractivity contribution >= 4 is 11.8 Å². The van der Waals surface area contributed by atoms with E-state index in [4.69, 9.17) is 4.74 Å². The molecule has 0 aromatic heterocycles. The summed E-state index contributed by atoms with van der Waals surface area (Å²) < 4.78 is 5.89. The van der Waals surface area contributed by atoms with Gasteiger partial charge in [-0.05, 0) is 38.1 Å². The molecule has 4 atom stereocenters. The maximum atomic E-state index is 13.3. The molecule has 3 aliphatic heterocycles. The monoisotopic (exact) mass is 458 g/mol. The molecule has 3 saturated heterocycles. The number of benzene rings is 1. The van der Waals surface area contributed by atoms with Gasteiger partial charge in [0.2, 0.25) is 5.91 Å². The van der Waals surface area contributed by atoms with E-state index in [0.29, 0.717) is 17.9 Å². The number of rotatable bonds is 7. The maximum absolute atomic E-state index is 13.3. The van der Waals surface area contributed by atoms with Crippen molar-refractivity contribution in [1.29, 1.82) is 0 Å². The Morgan fingerprint density at radius 2 is 1.91 bits per heavy atom. The van der Waals surface area contributed by atoms with Crippen LogP contribution in [0.2, 0.25) is 0 Å². The van der Waals surface area contributed by atoms with Crippen LogP contribution >= 0.6 is 0 Å². The van der Waals surface area contributed by atoms with Crippen LogP contribution in [0.3, 0.4) is 0 Å². The second-order valence-electron chi connectivity index (χ2n) is 9.13. The molecule has 3 fully saturated rings. The SMILES string of the molecule is CCCC1NN(C)C2C(=O)NC(c3cc(C(=O)N4CCN(CC)CC4)ccc3OCC)NC12. The molecule has 1 aromatic carbocycles. The van der Waals surface area contributed by atoms with Crippen molar-refractivity contribution in [2.45, 2.75) is 57.9 Å². The minimum Gasteiger partial charge on any atom is -0.493 e. The molecule has 3 N–H and O–H groups in total. The van der Waals surface area contributed by atoms with Crippen molar-refractivity contribution in [3.8, 4) is 5.75 Å². The van der Waals surface area contributed by atoms with Crippen molar-refractivity contribution in [1.82, 2.24) is 30.9 Å². The van der Waals surface area contributed by atoms with E-state index in [0.717, 1.165) is 51.1 Å². The minimum absolute atomic E-state index is 0.0211. The number of amides is 2. The molecule has 0 saturated carbocycles. The highest BCUT2D eigenvalue weighted by Gasteiger charge is 2.48. The molecule has 4 unspecified atom stereocenters. The van der Waals surface area contributed by atoms with Gasteiger partial charge >= 0.3 is 0 Å². The van der Waals surface area contributed by atoms with Crippen molar-refractivity contribution in [2.24, 2.45) is 0 Å². The smallest absolute Gasteiger partial charge is 0.253 e. The van der Waals surface area contributed by atoms with E-state index in [2.05, 4.69) is 34.8 Å². The first-order valence-corrected chi connectivity index (χ1v) is 12.3. The van der Waals surface area contributed by atoms with Gasteiger partial charge in [-0.3, -0.25) is 14.9 Å². The van der Waals surface area contributed by atoms with E-state index in [1.165, 1.54) is 0 Å². The van der Waals surface area contributed by atoms with E-state index < -0.39 is 6.17 Å². The van der Waals surface area contributed by atoms with Crippen molar-refractivity contribution in [2.75, 3.05) is 46.4 Å². The van der Waals surface area contributed by atoms with Crippen molar-refractivity contribution < 1.29 is 14.3 Å². The minimum atomic E-state index is -0.419. The Balaban J connectivity index is 1.58. The summed E-state index contributed by atoms with van der Waals surface area (Å²) in [5.74, 6) is 0.695. The summed E-state index contributed by atoms with van der Waals surface area (Å²) >= 11 is 0. The van der Waals surface area contributed by atoms with Crippen LogP contribution in [0.1, 0.15) is 55.7 Å². The number of piperazine rings is 1. The van der Waals surface area contributed by atoms with Gasteiger partial charge in [-0.1, -0.05) is 20.3 Å². The van der Waals surface area contributed by atoms with Gasteiger partial charge < -0.3 is 19.9 Å². The van der Waals surface area contributed by atoms with Gasteiger partial charge in [-0.25, -0.2) is 10.4 Å². The zero-order valence-electron chi connectivity index (χ0n) is 20.3. The van der Waals surface area contributed by atoms with Crippen molar-refractivity contribution in [3.63, 3.8) is 0 Å². The molecule has 9 nitrogen and oxygen atoms in total. The molecular formula is C24H38N6O3. The molecule has 0 bridgehead atoms. The maximum Gasteiger partial charge on any atom is 0.253 e. The van der Waals surface area contributed by atoms with E-state index in [-0.39, 0.29) is 29.9 Å². The molecule has 4 rings (SSSR count). The third-order valence-electron chi connectivity index (χ3n) is 7.05. The second kappa shape index (κ2) is 10.4. The van der Waals surface area contributed by atoms with E-state index in [1.807, 2.05) is 42.1 Å². The average molecular weight is 459 g/mol. The van der Waals surface area contributed by atoms with E-state index in [9.17, 15) is 9.59 Å². The largest absolute Gasteiger partial charge is 0.493 e. The van der Waals surface area contributed by atoms with Gasteiger partial charge in [0.15, 0.2) is 0 Å². The molecule has 0 aliphatic carbocycles. The molecule has 2 amide bonds. The highest BCUT2D eigenvalue weighted by atomic mass is 16.5. The zero-order chi connectivity index (χ0) is 23.5. The standard InChI is InChI=1S/C24H38N6O3/c1-5-8-18-20-21(28(4)27-18)23(31)26-22(25-20)17-15-16(9-10-19(17)33-7-3)24(32)30-13-11-29(6-2)12-14-30/h9-10,15,18,20-22,25,27H,5-8,11-14H2,1-4H3,(H,26,31). The number of likely N-dealkylation sites (N-methyl/N-ethyl adjacent to an activating group) is 2. The molecule has 1 aromatic rings. The topological polar surface area (TPSA) is 89.2 Å².